The third-order valence-corrected chi connectivity index (χ3v) is 3.99. The van der Waals surface area contributed by atoms with Crippen molar-refractivity contribution in [2.45, 2.75) is 38.0 Å². The molecule has 214 valence electrons. The van der Waals surface area contributed by atoms with Gasteiger partial charge in [-0.15, -0.1) is 0 Å². The van der Waals surface area contributed by atoms with Crippen LogP contribution in [-0.4, -0.2) is 62.7 Å². The van der Waals surface area contributed by atoms with E-state index in [1.54, 1.807) is 0 Å². The van der Waals surface area contributed by atoms with Crippen molar-refractivity contribution in [3.8, 4) is 0 Å². The van der Waals surface area contributed by atoms with Crippen LogP contribution in [0.25, 0.3) is 0 Å². The molecule has 0 radical (unpaired) electrons. The molecule has 38 heavy (non-hydrogen) atoms. The zero-order valence-corrected chi connectivity index (χ0v) is 19.5. The number of hydrogen-bond acceptors (Lipinski definition) is 8. The van der Waals surface area contributed by atoms with Gasteiger partial charge in [0.1, 0.15) is 5.83 Å². The highest BCUT2D eigenvalue weighted by Crippen LogP contribution is 2.29. The fourth-order valence-electron chi connectivity index (χ4n) is 1.99. The molecule has 16 heteroatoms. The van der Waals surface area contributed by atoms with Gasteiger partial charge in [0.2, 0.25) is 0 Å². The summed E-state index contributed by atoms with van der Waals surface area (Å²) in [4.78, 5) is 45.3. The van der Waals surface area contributed by atoms with Crippen LogP contribution in [0.4, 0.5) is 35.1 Å². The molecule has 0 aromatic heterocycles. The molecule has 0 rings (SSSR count). The van der Waals surface area contributed by atoms with E-state index in [2.05, 4.69) is 32.1 Å². The fraction of sp³-hybridized carbons (Fsp3) is 0.455. The minimum absolute atomic E-state index is 0.282. The van der Waals surface area contributed by atoms with Gasteiger partial charge in [-0.25, -0.2) is 28.0 Å². The zero-order valence-electron chi connectivity index (χ0n) is 19.5. The summed E-state index contributed by atoms with van der Waals surface area (Å²) >= 11 is 0. The van der Waals surface area contributed by atoms with Crippen LogP contribution in [0.15, 0.2) is 48.1 Å². The van der Waals surface area contributed by atoms with Crippen LogP contribution in [0.2, 0.25) is 0 Å². The zero-order chi connectivity index (χ0) is 29.5. The summed E-state index contributed by atoms with van der Waals surface area (Å²) < 4.78 is 119. The Balaban J connectivity index is 4.66. The van der Waals surface area contributed by atoms with Crippen LogP contribution >= 0.6 is 0 Å². The molecule has 0 aliphatic rings. The van der Waals surface area contributed by atoms with Crippen molar-refractivity contribution in [2.24, 2.45) is 0 Å². The van der Waals surface area contributed by atoms with E-state index in [4.69, 9.17) is 0 Å². The summed E-state index contributed by atoms with van der Waals surface area (Å²) in [7, 11) is 0. The number of rotatable bonds is 13. The van der Waals surface area contributed by atoms with Crippen molar-refractivity contribution in [1.82, 2.24) is 0 Å². The number of carbonyl (C=O) groups is 4. The van der Waals surface area contributed by atoms with Gasteiger partial charge >= 0.3 is 36.2 Å². The maximum absolute atomic E-state index is 13.8. The highest BCUT2D eigenvalue weighted by molar-refractivity contribution is 6.30. The van der Waals surface area contributed by atoms with E-state index < -0.39 is 105 Å². The number of ether oxygens (including phenoxy) is 4. The molecule has 8 nitrogen and oxygen atoms in total. The smallest absolute Gasteiger partial charge is 0.417 e. The second-order valence-electron chi connectivity index (χ2n) is 6.97. The summed E-state index contributed by atoms with van der Waals surface area (Å²) in [6.45, 7) is 2.45. The quantitative estimate of drug-likeness (QED) is 0.0792. The van der Waals surface area contributed by atoms with Crippen molar-refractivity contribution < 1.29 is 73.2 Å². The normalized spacial score (nSPS) is 12.4. The highest BCUT2D eigenvalue weighted by atomic mass is 19.4. The second-order valence-corrected chi connectivity index (χ2v) is 6.97. The number of carbonyl (C=O) groups excluding carboxylic acids is 4. The molecular weight excluding hydrogens is 544 g/mol. The first-order valence-corrected chi connectivity index (χ1v) is 10.3. The van der Waals surface area contributed by atoms with Crippen LogP contribution in [0.1, 0.15) is 25.7 Å². The average Bonchev–Trinajstić information content (AvgIpc) is 2.78. The van der Waals surface area contributed by atoms with Crippen LogP contribution < -0.4 is 0 Å². The first kappa shape index (κ1) is 34.3. The second kappa shape index (κ2) is 16.2. The SMILES string of the molecule is C=C(F)CCOC(=O)C(=O)OCC/C(F)=C/C=C(/CCOC(=O)C(=O)OCCC(=C)C(F)(F)F)C(F)(F)F. The summed E-state index contributed by atoms with van der Waals surface area (Å²) in [5.74, 6) is -8.56. The van der Waals surface area contributed by atoms with E-state index in [1.807, 2.05) is 0 Å². The van der Waals surface area contributed by atoms with Gasteiger partial charge in [-0.1, -0.05) is 19.2 Å². The van der Waals surface area contributed by atoms with E-state index >= 15 is 0 Å². The fourth-order valence-corrected chi connectivity index (χ4v) is 1.99. The van der Waals surface area contributed by atoms with Crippen molar-refractivity contribution in [3.05, 3.63) is 48.1 Å². The van der Waals surface area contributed by atoms with Gasteiger partial charge < -0.3 is 18.9 Å². The maximum atomic E-state index is 13.8. The minimum atomic E-state index is -5.01. The van der Waals surface area contributed by atoms with E-state index in [1.165, 1.54) is 0 Å². The minimum Gasteiger partial charge on any atom is -0.457 e. The van der Waals surface area contributed by atoms with Gasteiger partial charge in [0.25, 0.3) is 0 Å². The Hall–Kier alpha value is -3.72. The number of allylic oxidation sites excluding steroid dienone is 2. The van der Waals surface area contributed by atoms with Gasteiger partial charge in [0.05, 0.1) is 32.3 Å². The molecule has 0 aliphatic carbocycles. The lowest BCUT2D eigenvalue weighted by Gasteiger charge is -2.12. The summed E-state index contributed by atoms with van der Waals surface area (Å²) in [6.07, 6.45) is -12.1. The Morgan fingerprint density at radius 2 is 0.974 bits per heavy atom. The van der Waals surface area contributed by atoms with Gasteiger partial charge in [-0.3, -0.25) is 0 Å². The highest BCUT2D eigenvalue weighted by Gasteiger charge is 2.34. The Labute approximate surface area is 210 Å². The van der Waals surface area contributed by atoms with Crippen molar-refractivity contribution in [2.75, 3.05) is 26.4 Å². The molecule has 0 heterocycles. The van der Waals surface area contributed by atoms with Crippen LogP contribution in [0, 0.1) is 0 Å². The van der Waals surface area contributed by atoms with Crippen LogP contribution in [0.3, 0.4) is 0 Å². The monoisotopic (exact) mass is 566 g/mol. The first-order valence-electron chi connectivity index (χ1n) is 10.3. The van der Waals surface area contributed by atoms with E-state index in [9.17, 15) is 54.3 Å². The summed E-state index contributed by atoms with van der Waals surface area (Å²) in [5, 5.41) is 0. The lowest BCUT2D eigenvalue weighted by molar-refractivity contribution is -0.168. The van der Waals surface area contributed by atoms with Crippen molar-refractivity contribution in [1.29, 1.82) is 0 Å². The van der Waals surface area contributed by atoms with Crippen LogP contribution in [0.5, 0.6) is 0 Å². The van der Waals surface area contributed by atoms with Gasteiger partial charge in [-0.05, 0) is 6.08 Å². The van der Waals surface area contributed by atoms with Crippen molar-refractivity contribution in [3.63, 3.8) is 0 Å². The number of hydrogen-bond donors (Lipinski definition) is 0. The molecule has 0 amide bonds. The molecule has 0 bridgehead atoms. The van der Waals surface area contributed by atoms with Gasteiger partial charge in [0, 0.05) is 36.8 Å². The van der Waals surface area contributed by atoms with Gasteiger partial charge in [0.15, 0.2) is 0 Å². The largest absolute Gasteiger partial charge is 0.457 e. The Morgan fingerprint density at radius 1 is 0.579 bits per heavy atom. The molecular formula is C22H22F8O8. The third-order valence-electron chi connectivity index (χ3n) is 3.99. The van der Waals surface area contributed by atoms with Gasteiger partial charge in [-0.2, -0.15) is 26.3 Å². The summed E-state index contributed by atoms with van der Waals surface area (Å²) in [6, 6.07) is 0. The van der Waals surface area contributed by atoms with Crippen LogP contribution in [-0.2, 0) is 38.1 Å². The Morgan fingerprint density at radius 3 is 1.37 bits per heavy atom. The first-order chi connectivity index (χ1) is 17.4. The third kappa shape index (κ3) is 15.4. The predicted octanol–water partition coefficient (Wildman–Crippen LogP) is 4.66. The molecule has 0 saturated carbocycles. The predicted molar refractivity (Wildman–Crippen MR) is 111 cm³/mol. The molecule has 0 aromatic carbocycles. The topological polar surface area (TPSA) is 105 Å². The lowest BCUT2D eigenvalue weighted by atomic mass is 10.1. The van der Waals surface area contributed by atoms with E-state index in [0.29, 0.717) is 6.08 Å². The molecule has 0 aromatic rings. The maximum Gasteiger partial charge on any atom is 0.417 e. The Kier molecular flexibility index (Phi) is 14.6. The number of esters is 4. The average molecular weight is 566 g/mol. The molecule has 0 fully saturated rings. The lowest BCUT2D eigenvalue weighted by Crippen LogP contribution is -2.23. The summed E-state index contributed by atoms with van der Waals surface area (Å²) in [5.41, 5.74) is -2.64. The van der Waals surface area contributed by atoms with E-state index in [-0.39, 0.29) is 12.5 Å². The molecule has 0 atom stereocenters. The molecule has 0 saturated heterocycles. The standard InChI is InChI=1S/C22H22F8O8/c1-13(21(25,26)27)5-9-35-17(31)19(33)37-11-7-15(22(28,29)30)3-4-16(24)8-12-38-20(34)18(32)36-10-6-14(2)23/h3-4H,1-2,5-12H2/b15-3-,16-4-. The van der Waals surface area contributed by atoms with Crippen molar-refractivity contribution >= 4 is 23.9 Å². The molecule has 0 aliphatic heterocycles. The number of halogens is 8. The van der Waals surface area contributed by atoms with E-state index in [0.717, 1.165) is 0 Å². The Bertz CT molecular complexity index is 948. The molecule has 0 spiro atoms. The molecule has 0 unspecified atom stereocenters. The molecule has 0 N–H and O–H groups in total. The number of alkyl halides is 6.